The minimum absolute atomic E-state index is 0.148. The van der Waals surface area contributed by atoms with Crippen molar-refractivity contribution in [3.05, 3.63) is 97.1 Å². The normalized spacial score (nSPS) is 22.8. The van der Waals surface area contributed by atoms with Gasteiger partial charge in [0.2, 0.25) is 0 Å². The molecule has 4 fully saturated rings. The summed E-state index contributed by atoms with van der Waals surface area (Å²) in [4.78, 5) is 54.2. The summed E-state index contributed by atoms with van der Waals surface area (Å²) < 4.78 is 38.4. The number of hydrogen-bond acceptors (Lipinski definition) is 12. The molecule has 454 valence electrons. The van der Waals surface area contributed by atoms with E-state index < -0.39 is 0 Å². The van der Waals surface area contributed by atoms with E-state index in [0.717, 1.165) is 194 Å². The zero-order valence-corrected chi connectivity index (χ0v) is 52.1. The number of fused-ring (bicyclic) bond motifs is 2. The van der Waals surface area contributed by atoms with Gasteiger partial charge in [0.25, 0.3) is 0 Å². The minimum Gasteiger partial charge on any atom is -0.463 e. The average molecular weight is 1180 g/mol. The number of esters is 4. The molecule has 0 saturated heterocycles. The lowest BCUT2D eigenvalue weighted by Crippen LogP contribution is -2.31. The maximum absolute atomic E-state index is 14.8. The zero-order valence-electron chi connectivity index (χ0n) is 50.5. The Kier molecular flexibility index (Phi) is 24.6. The summed E-state index contributed by atoms with van der Waals surface area (Å²) in [6.45, 7) is 13.8. The smallest absolute Gasteiger partial charge is 0.330 e. The second-order valence-corrected chi connectivity index (χ2v) is 26.8. The first kappa shape index (κ1) is 63.4. The number of carbonyl (C=O) groups excluding carboxylic acids is 4. The highest BCUT2D eigenvalue weighted by Crippen LogP contribution is 2.56. The molecule has 12 heteroatoms. The third-order valence-corrected chi connectivity index (χ3v) is 21.9. The van der Waals surface area contributed by atoms with Gasteiger partial charge >= 0.3 is 23.9 Å². The fourth-order valence-electron chi connectivity index (χ4n) is 14.3. The second kappa shape index (κ2) is 32.6. The van der Waals surface area contributed by atoms with Crippen LogP contribution in [0.4, 0.5) is 0 Å². The Balaban J connectivity index is 0.807. The van der Waals surface area contributed by atoms with Gasteiger partial charge < -0.3 is 28.4 Å². The van der Waals surface area contributed by atoms with Crippen LogP contribution in [-0.4, -0.2) is 62.5 Å². The van der Waals surface area contributed by atoms with E-state index in [1.807, 2.05) is 12.1 Å². The molecule has 0 bridgehead atoms. The minimum atomic E-state index is -0.343. The van der Waals surface area contributed by atoms with Crippen LogP contribution in [0.15, 0.2) is 86.0 Å². The van der Waals surface area contributed by atoms with Gasteiger partial charge in [-0.2, -0.15) is 0 Å². The molecule has 10 nitrogen and oxygen atoms in total. The van der Waals surface area contributed by atoms with Gasteiger partial charge in [-0.1, -0.05) is 125 Å². The number of ether oxygens (including phenoxy) is 6. The van der Waals surface area contributed by atoms with Crippen molar-refractivity contribution in [2.45, 2.75) is 206 Å². The van der Waals surface area contributed by atoms with Gasteiger partial charge in [0.15, 0.2) is 11.5 Å². The van der Waals surface area contributed by atoms with E-state index in [-0.39, 0.29) is 35.7 Å². The molecule has 4 saturated carbocycles. The van der Waals surface area contributed by atoms with E-state index in [0.29, 0.717) is 60.6 Å². The largest absolute Gasteiger partial charge is 0.463 e. The first-order valence-corrected chi connectivity index (χ1v) is 34.1. The monoisotopic (exact) mass is 1180 g/mol. The second-order valence-electron chi connectivity index (χ2n) is 24.8. The van der Waals surface area contributed by atoms with Crippen LogP contribution in [0.5, 0.6) is 11.5 Å². The third kappa shape index (κ3) is 17.1. The Morgan fingerprint density at radius 2 is 0.738 bits per heavy atom. The molecule has 4 aliphatic rings. The summed E-state index contributed by atoms with van der Waals surface area (Å²) in [6, 6.07) is 20.9. The van der Waals surface area contributed by atoms with Crippen LogP contribution in [-0.2, 0) is 38.1 Å². The third-order valence-electron chi connectivity index (χ3n) is 19.2. The molecule has 9 rings (SSSR count). The highest BCUT2D eigenvalue weighted by Gasteiger charge is 2.38. The fourth-order valence-corrected chi connectivity index (χ4v) is 16.9. The number of benzene rings is 3. The molecule has 0 N–H and O–H groups in total. The Morgan fingerprint density at radius 1 is 0.429 bits per heavy atom. The molecule has 2 heterocycles. The average Bonchev–Trinajstić information content (AvgIpc) is 1.79. The van der Waals surface area contributed by atoms with Gasteiger partial charge in [-0.15, -0.1) is 22.7 Å². The first-order chi connectivity index (χ1) is 41.1. The van der Waals surface area contributed by atoms with Crippen molar-refractivity contribution in [2.24, 2.45) is 35.5 Å². The first-order valence-electron chi connectivity index (χ1n) is 32.5. The number of unbranched alkanes of at least 4 members (excludes halogenated alkanes) is 10. The molecular formula is C72H94O10S2. The van der Waals surface area contributed by atoms with Crippen molar-refractivity contribution >= 4 is 66.7 Å². The Bertz CT molecular complexity index is 2710. The Hall–Kier alpha value is -5.14. The molecule has 0 aliphatic heterocycles. The van der Waals surface area contributed by atoms with Gasteiger partial charge in [-0.05, 0) is 188 Å². The molecule has 0 radical (unpaired) electrons. The van der Waals surface area contributed by atoms with Gasteiger partial charge in [-0.3, -0.25) is 9.59 Å². The lowest BCUT2D eigenvalue weighted by atomic mass is 9.70. The van der Waals surface area contributed by atoms with Crippen molar-refractivity contribution in [3.8, 4) is 32.4 Å². The van der Waals surface area contributed by atoms with E-state index in [4.69, 9.17) is 28.4 Å². The predicted octanol–water partition coefficient (Wildman–Crippen LogP) is 18.8. The topological polar surface area (TPSA) is 124 Å². The number of rotatable bonds is 30. The van der Waals surface area contributed by atoms with Gasteiger partial charge in [0, 0.05) is 45.9 Å². The predicted molar refractivity (Wildman–Crippen MR) is 341 cm³/mol. The molecule has 84 heavy (non-hydrogen) atoms. The molecule has 0 spiro atoms. The van der Waals surface area contributed by atoms with Crippen molar-refractivity contribution in [2.75, 3.05) is 26.4 Å². The van der Waals surface area contributed by atoms with Crippen molar-refractivity contribution in [3.63, 3.8) is 0 Å². The zero-order chi connectivity index (χ0) is 58.6. The highest BCUT2D eigenvalue weighted by atomic mass is 32.1. The van der Waals surface area contributed by atoms with Crippen LogP contribution in [0.3, 0.4) is 0 Å². The van der Waals surface area contributed by atoms with E-state index >= 15 is 0 Å². The van der Waals surface area contributed by atoms with E-state index in [1.165, 1.54) is 63.5 Å². The summed E-state index contributed by atoms with van der Waals surface area (Å²) in [5, 5.41) is 1.75. The van der Waals surface area contributed by atoms with Crippen LogP contribution in [0.1, 0.15) is 191 Å². The lowest BCUT2D eigenvalue weighted by molar-refractivity contribution is -0.141. The number of carbonyl (C=O) groups is 4. The van der Waals surface area contributed by atoms with E-state index in [2.05, 4.69) is 75.5 Å². The van der Waals surface area contributed by atoms with Gasteiger partial charge in [0.05, 0.1) is 46.7 Å². The molecule has 5 aromatic rings. The maximum atomic E-state index is 14.8. The van der Waals surface area contributed by atoms with Crippen molar-refractivity contribution in [1.82, 2.24) is 0 Å². The van der Waals surface area contributed by atoms with Crippen LogP contribution in [0.2, 0.25) is 0 Å². The molecule has 0 amide bonds. The summed E-state index contributed by atoms with van der Waals surface area (Å²) in [6.07, 6.45) is 33.0. The molecule has 0 atom stereocenters. The maximum Gasteiger partial charge on any atom is 0.330 e. The van der Waals surface area contributed by atoms with Crippen LogP contribution in [0.25, 0.3) is 41.1 Å². The summed E-state index contributed by atoms with van der Waals surface area (Å²) >= 11 is 3.29. The van der Waals surface area contributed by atoms with Gasteiger partial charge in [0.1, 0.15) is 0 Å². The fraction of sp³-hybridized carbons (Fsp3) is 0.583. The van der Waals surface area contributed by atoms with Crippen molar-refractivity contribution < 1.29 is 47.6 Å². The number of thiophene rings is 2. The van der Waals surface area contributed by atoms with Crippen molar-refractivity contribution in [1.29, 1.82) is 0 Å². The van der Waals surface area contributed by atoms with Crippen LogP contribution in [0, 0.1) is 49.4 Å². The van der Waals surface area contributed by atoms with E-state index in [9.17, 15) is 19.2 Å². The Morgan fingerprint density at radius 3 is 1.07 bits per heavy atom. The molecule has 0 unspecified atom stereocenters. The molecular weight excluding hydrogens is 1090 g/mol. The van der Waals surface area contributed by atoms with E-state index in [1.54, 1.807) is 22.7 Å². The van der Waals surface area contributed by atoms with Gasteiger partial charge in [-0.25, -0.2) is 9.59 Å². The standard InChI is InChI=1S/C72H94O10S2/c1-5-61(73)79-47-23-13-9-7-11-21-45-77-59-41-37-53(38-42-59)51-29-33-57(34-30-51)71(75)81-65-63-49(3)67(55-25-17-15-18-26-55)84-70(63)66(64-50(4)68(83-69(64)65)56-27-19-16-20-28-56)82-72(76)58-35-31-52(32-36-58)54-39-43-60(44-40-54)78-46-22-12-8-10-14-24-48-80-62(74)6-2/h5-6,15-20,25-28,51-54,57-60H,1-2,7-14,21-24,29-48H2,3-4H3. The summed E-state index contributed by atoms with van der Waals surface area (Å²) in [7, 11) is 0. The number of aryl methyl sites for hydroxylation is 2. The van der Waals surface area contributed by atoms with Crippen LogP contribution < -0.4 is 9.47 Å². The quantitative estimate of drug-likeness (QED) is 0.0190. The summed E-state index contributed by atoms with van der Waals surface area (Å²) in [5.74, 6) is 2.48. The highest BCUT2D eigenvalue weighted by molar-refractivity contribution is 7.25. The summed E-state index contributed by atoms with van der Waals surface area (Å²) in [5.41, 5.74) is 4.24. The Labute approximate surface area is 508 Å². The molecule has 3 aromatic carbocycles. The molecule has 2 aromatic heterocycles. The molecule has 4 aliphatic carbocycles. The number of hydrogen-bond donors (Lipinski definition) is 0. The van der Waals surface area contributed by atoms with Crippen LogP contribution >= 0.6 is 22.7 Å². The lowest BCUT2D eigenvalue weighted by Gasteiger charge is -2.37. The SMILES string of the molecule is C=CC(=O)OCCCCCCCCOC1CCC(C2CCC(C(=O)Oc3c4sc(-c5ccccc5)c(C)c4c(OC(=O)C4CCC(C5CCC(OCCCCCCCCOC(=O)C=C)CC5)CC4)c4sc(-c5ccccc5)c(C)c34)CC2)CC1.